The molecule has 4 heteroatoms. The van der Waals surface area contributed by atoms with E-state index in [-0.39, 0.29) is 0 Å². The molecule has 1 atom stereocenters. The molecule has 110 valence electrons. The number of hydrogen-bond acceptors (Lipinski definition) is 2. The van der Waals surface area contributed by atoms with Crippen molar-refractivity contribution in [2.24, 2.45) is 11.3 Å². The molecule has 21 heavy (non-hydrogen) atoms. The fraction of sp³-hybridized carbons (Fsp3) is 0.294. The summed E-state index contributed by atoms with van der Waals surface area (Å²) in [7, 11) is 0. The smallest absolute Gasteiger partial charge is 0.321 e. The number of carbonyl (C=O) groups is 2. The Bertz CT molecular complexity index is 671. The lowest BCUT2D eigenvalue weighted by molar-refractivity contribution is -0.167. The lowest BCUT2D eigenvalue weighted by atomic mass is 9.74. The van der Waals surface area contributed by atoms with Crippen molar-refractivity contribution < 1.29 is 19.8 Å². The lowest BCUT2D eigenvalue weighted by Crippen LogP contribution is -2.42. The van der Waals surface area contributed by atoms with Gasteiger partial charge in [-0.2, -0.15) is 0 Å². The first kappa shape index (κ1) is 15.0. The van der Waals surface area contributed by atoms with Gasteiger partial charge in [0.25, 0.3) is 0 Å². The summed E-state index contributed by atoms with van der Waals surface area (Å²) in [5.41, 5.74) is -0.828. The van der Waals surface area contributed by atoms with Gasteiger partial charge >= 0.3 is 11.9 Å². The number of aliphatic carboxylic acids is 2. The van der Waals surface area contributed by atoms with E-state index < -0.39 is 23.3 Å². The zero-order chi connectivity index (χ0) is 15.6. The van der Waals surface area contributed by atoms with Gasteiger partial charge in [-0.05, 0) is 35.6 Å². The summed E-state index contributed by atoms with van der Waals surface area (Å²) in [5, 5.41) is 20.7. The van der Waals surface area contributed by atoms with Gasteiger partial charge in [-0.15, -0.1) is 0 Å². The molecule has 4 nitrogen and oxygen atoms in total. The molecule has 2 N–H and O–H groups in total. The molecule has 0 radical (unpaired) electrons. The molecular weight excluding hydrogens is 268 g/mol. The van der Waals surface area contributed by atoms with Gasteiger partial charge in [-0.3, -0.25) is 9.59 Å². The first-order valence-electron chi connectivity index (χ1n) is 6.80. The second-order valence-electron chi connectivity index (χ2n) is 5.56. The Morgan fingerprint density at radius 1 is 1.05 bits per heavy atom. The molecule has 0 aromatic heterocycles. The van der Waals surface area contributed by atoms with E-state index in [0.29, 0.717) is 6.42 Å². The Kier molecular flexibility index (Phi) is 3.98. The Balaban J connectivity index is 2.40. The van der Waals surface area contributed by atoms with Crippen molar-refractivity contribution in [3.8, 4) is 0 Å². The molecule has 2 rings (SSSR count). The molecule has 0 aliphatic heterocycles. The molecule has 0 fully saturated rings. The topological polar surface area (TPSA) is 74.6 Å². The van der Waals surface area contributed by atoms with Gasteiger partial charge < -0.3 is 10.2 Å². The van der Waals surface area contributed by atoms with Crippen LogP contribution in [-0.4, -0.2) is 22.2 Å². The normalized spacial score (nSPS) is 13.0. The van der Waals surface area contributed by atoms with Gasteiger partial charge in [0.15, 0.2) is 5.41 Å². The van der Waals surface area contributed by atoms with Crippen LogP contribution in [0.2, 0.25) is 0 Å². The zero-order valence-electron chi connectivity index (χ0n) is 12.0. The molecule has 0 spiro atoms. The predicted octanol–water partition coefficient (Wildman–Crippen LogP) is 3.19. The maximum Gasteiger partial charge on any atom is 0.321 e. The highest BCUT2D eigenvalue weighted by molar-refractivity contribution is 5.98. The van der Waals surface area contributed by atoms with E-state index in [0.717, 1.165) is 16.3 Å². The predicted molar refractivity (Wildman–Crippen MR) is 80.2 cm³/mol. The molecule has 0 saturated heterocycles. The minimum Gasteiger partial charge on any atom is -0.480 e. The maximum absolute atomic E-state index is 11.4. The van der Waals surface area contributed by atoms with Crippen molar-refractivity contribution >= 4 is 22.7 Å². The number of benzene rings is 2. The summed E-state index contributed by atoms with van der Waals surface area (Å²) < 4.78 is 0. The van der Waals surface area contributed by atoms with E-state index in [1.54, 1.807) is 6.92 Å². The monoisotopic (exact) mass is 286 g/mol. The van der Waals surface area contributed by atoms with Crippen LogP contribution in [0.3, 0.4) is 0 Å². The Morgan fingerprint density at radius 3 is 2.24 bits per heavy atom. The Labute approximate surface area is 123 Å². The highest BCUT2D eigenvalue weighted by Gasteiger charge is 2.46. The van der Waals surface area contributed by atoms with Crippen molar-refractivity contribution in [3.63, 3.8) is 0 Å². The summed E-state index contributed by atoms with van der Waals surface area (Å²) in [6.45, 7) is 2.94. The molecule has 0 bridgehead atoms. The molecule has 2 aromatic carbocycles. The van der Waals surface area contributed by atoms with Gasteiger partial charge in [0.2, 0.25) is 0 Å². The van der Waals surface area contributed by atoms with Crippen LogP contribution in [-0.2, 0) is 16.0 Å². The van der Waals surface area contributed by atoms with Crippen LogP contribution < -0.4 is 0 Å². The van der Waals surface area contributed by atoms with Crippen molar-refractivity contribution in [2.45, 2.75) is 20.3 Å². The highest BCUT2D eigenvalue weighted by atomic mass is 16.4. The number of hydrogen-bond donors (Lipinski definition) is 2. The standard InChI is InChI=1S/C17H18O4/c1-11(17(2,15(18)19)16(20)21)10-13-8-5-7-12-6-3-4-9-14(12)13/h3-9,11H,10H2,1-2H3,(H,18,19)(H,20,21)/t11-/m1/s1. The Morgan fingerprint density at radius 2 is 1.62 bits per heavy atom. The van der Waals surface area contributed by atoms with Crippen LogP contribution >= 0.6 is 0 Å². The average molecular weight is 286 g/mol. The second kappa shape index (κ2) is 5.56. The van der Waals surface area contributed by atoms with E-state index in [1.807, 2.05) is 42.5 Å². The molecule has 0 heterocycles. The SMILES string of the molecule is C[C@H](Cc1cccc2ccccc12)C(C)(C(=O)O)C(=O)O. The number of fused-ring (bicyclic) bond motifs is 1. The molecule has 0 unspecified atom stereocenters. The average Bonchev–Trinajstić information content (AvgIpc) is 2.46. The van der Waals surface area contributed by atoms with E-state index in [1.165, 1.54) is 6.92 Å². The Hall–Kier alpha value is -2.36. The molecule has 0 aliphatic rings. The highest BCUT2D eigenvalue weighted by Crippen LogP contribution is 2.32. The van der Waals surface area contributed by atoms with Crippen LogP contribution in [0.15, 0.2) is 42.5 Å². The van der Waals surface area contributed by atoms with Crippen molar-refractivity contribution in [1.82, 2.24) is 0 Å². The van der Waals surface area contributed by atoms with Crippen molar-refractivity contribution in [3.05, 3.63) is 48.0 Å². The molecule has 2 aromatic rings. The fourth-order valence-corrected chi connectivity index (χ4v) is 2.52. The third kappa shape index (κ3) is 2.61. The fourth-order valence-electron chi connectivity index (χ4n) is 2.52. The molecule has 0 saturated carbocycles. The molecular formula is C17H18O4. The van der Waals surface area contributed by atoms with Crippen molar-refractivity contribution in [1.29, 1.82) is 0 Å². The summed E-state index contributed by atoms with van der Waals surface area (Å²) in [6.07, 6.45) is 0.399. The van der Waals surface area contributed by atoms with Gasteiger partial charge in [-0.25, -0.2) is 0 Å². The first-order chi connectivity index (χ1) is 9.87. The number of rotatable bonds is 5. The van der Waals surface area contributed by atoms with E-state index >= 15 is 0 Å². The van der Waals surface area contributed by atoms with Gasteiger partial charge in [0.1, 0.15) is 0 Å². The van der Waals surface area contributed by atoms with Gasteiger partial charge in [-0.1, -0.05) is 49.4 Å². The quantitative estimate of drug-likeness (QED) is 0.828. The number of carboxylic acids is 2. The van der Waals surface area contributed by atoms with Crippen molar-refractivity contribution in [2.75, 3.05) is 0 Å². The second-order valence-corrected chi connectivity index (χ2v) is 5.56. The minimum atomic E-state index is -1.79. The third-order valence-electron chi connectivity index (χ3n) is 4.28. The van der Waals surface area contributed by atoms with Crippen LogP contribution in [0.1, 0.15) is 19.4 Å². The van der Waals surface area contributed by atoms with E-state index in [4.69, 9.17) is 0 Å². The lowest BCUT2D eigenvalue weighted by Gasteiger charge is -2.27. The summed E-state index contributed by atoms with van der Waals surface area (Å²) in [4.78, 5) is 22.8. The van der Waals surface area contributed by atoms with Gasteiger partial charge in [0.05, 0.1) is 0 Å². The summed E-state index contributed by atoms with van der Waals surface area (Å²) >= 11 is 0. The maximum atomic E-state index is 11.4. The first-order valence-corrected chi connectivity index (χ1v) is 6.80. The van der Waals surface area contributed by atoms with Gasteiger partial charge in [0, 0.05) is 0 Å². The summed E-state index contributed by atoms with van der Waals surface area (Å²) in [6, 6.07) is 13.6. The van der Waals surface area contributed by atoms with Crippen LogP contribution in [0.4, 0.5) is 0 Å². The zero-order valence-corrected chi connectivity index (χ0v) is 12.0. The van der Waals surface area contributed by atoms with E-state index in [2.05, 4.69) is 0 Å². The van der Waals surface area contributed by atoms with Crippen LogP contribution in [0.5, 0.6) is 0 Å². The van der Waals surface area contributed by atoms with Crippen LogP contribution in [0.25, 0.3) is 10.8 Å². The minimum absolute atomic E-state index is 0.399. The largest absolute Gasteiger partial charge is 0.480 e. The van der Waals surface area contributed by atoms with E-state index in [9.17, 15) is 19.8 Å². The number of carboxylic acid groups (broad SMARTS) is 2. The van der Waals surface area contributed by atoms with Crippen LogP contribution in [0, 0.1) is 11.3 Å². The molecule has 0 amide bonds. The molecule has 0 aliphatic carbocycles. The summed E-state index contributed by atoms with van der Waals surface area (Å²) in [5.74, 6) is -3.14. The third-order valence-corrected chi connectivity index (χ3v) is 4.28.